The number of nitrogens with zero attached hydrogens (tertiary/aromatic N) is 1. The van der Waals surface area contributed by atoms with Crippen LogP contribution in [0.3, 0.4) is 0 Å². The number of anilines is 1. The molecule has 0 aromatic heterocycles. The molecule has 32 heavy (non-hydrogen) atoms. The molecule has 7 nitrogen and oxygen atoms in total. The number of carbonyl (C=O) groups excluding carboxylic acids is 3. The lowest BCUT2D eigenvalue weighted by molar-refractivity contribution is -0.136. The number of unbranched alkanes of at least 4 members (excludes halogenated alkanes) is 3. The van der Waals surface area contributed by atoms with Gasteiger partial charge in [-0.15, -0.1) is 0 Å². The minimum atomic E-state index is -0.234. The van der Waals surface area contributed by atoms with Crippen LogP contribution >= 0.6 is 0 Å². The zero-order chi connectivity index (χ0) is 23.5. The van der Waals surface area contributed by atoms with Crippen molar-refractivity contribution in [3.05, 3.63) is 42.0 Å². The third-order valence-electron chi connectivity index (χ3n) is 5.58. The molecule has 0 radical (unpaired) electrons. The molecule has 3 amide bonds. The summed E-state index contributed by atoms with van der Waals surface area (Å²) >= 11 is 0. The molecular formula is C25H38N4O3. The van der Waals surface area contributed by atoms with Crippen molar-refractivity contribution < 1.29 is 14.4 Å². The molecule has 3 N–H and O–H groups in total. The van der Waals surface area contributed by atoms with Crippen LogP contribution in [0.25, 0.3) is 0 Å². The standard InChI is InChI=1S/C25H38N4O3/c1-18(2)24(25(32)28-20(4)17-27-21-11-9-19(3)10-12-21)26-15-7-5-6-8-16-29-22(30)13-14-23(29)31/h9-14,18,20,24,26-27H,5-8,15-17H2,1-4H3,(H,28,32)/t20-,24-/m0/s1. The van der Waals surface area contributed by atoms with Gasteiger partial charge in [0.05, 0.1) is 6.04 Å². The maximum absolute atomic E-state index is 12.7. The molecule has 0 fully saturated rings. The number of hydrogen-bond acceptors (Lipinski definition) is 5. The zero-order valence-electron chi connectivity index (χ0n) is 19.8. The molecule has 0 unspecified atom stereocenters. The molecule has 1 aliphatic rings. The molecule has 2 atom stereocenters. The van der Waals surface area contributed by atoms with E-state index in [1.54, 1.807) is 0 Å². The van der Waals surface area contributed by atoms with Crippen molar-refractivity contribution in [2.24, 2.45) is 5.92 Å². The van der Waals surface area contributed by atoms with Gasteiger partial charge in [0.25, 0.3) is 11.8 Å². The van der Waals surface area contributed by atoms with Crippen molar-refractivity contribution in [1.82, 2.24) is 15.5 Å². The molecule has 1 aliphatic heterocycles. The Kier molecular flexibility index (Phi) is 10.4. The average Bonchev–Trinajstić information content (AvgIpc) is 3.06. The Balaban J connectivity index is 1.62. The quantitative estimate of drug-likeness (QED) is 0.304. The molecular weight excluding hydrogens is 404 g/mol. The lowest BCUT2D eigenvalue weighted by Gasteiger charge is -2.24. The summed E-state index contributed by atoms with van der Waals surface area (Å²) in [6, 6.07) is 7.99. The van der Waals surface area contributed by atoms with E-state index in [2.05, 4.69) is 35.0 Å². The highest BCUT2D eigenvalue weighted by Crippen LogP contribution is 2.10. The van der Waals surface area contributed by atoms with Crippen molar-refractivity contribution in [3.63, 3.8) is 0 Å². The first-order valence-electron chi connectivity index (χ1n) is 11.7. The Labute approximate surface area is 192 Å². The number of hydrogen-bond donors (Lipinski definition) is 3. The highest BCUT2D eigenvalue weighted by molar-refractivity contribution is 6.12. The van der Waals surface area contributed by atoms with Crippen molar-refractivity contribution in [2.45, 2.75) is 65.5 Å². The molecule has 1 heterocycles. The first kappa shape index (κ1) is 25.6. The van der Waals surface area contributed by atoms with Crippen LogP contribution in [0.5, 0.6) is 0 Å². The number of amides is 3. The van der Waals surface area contributed by atoms with Gasteiger partial charge in [0.2, 0.25) is 5.91 Å². The highest BCUT2D eigenvalue weighted by Gasteiger charge is 2.23. The summed E-state index contributed by atoms with van der Waals surface area (Å²) in [7, 11) is 0. The third-order valence-corrected chi connectivity index (χ3v) is 5.58. The van der Waals surface area contributed by atoms with Crippen LogP contribution in [-0.2, 0) is 14.4 Å². The minimum absolute atomic E-state index is 0.0114. The van der Waals surface area contributed by atoms with Gasteiger partial charge in [-0.1, -0.05) is 44.4 Å². The molecule has 176 valence electrons. The fourth-order valence-electron chi connectivity index (χ4n) is 3.61. The van der Waals surface area contributed by atoms with Gasteiger partial charge < -0.3 is 16.0 Å². The molecule has 0 saturated carbocycles. The van der Waals surface area contributed by atoms with Crippen LogP contribution in [0.2, 0.25) is 0 Å². The maximum Gasteiger partial charge on any atom is 0.253 e. The Morgan fingerprint density at radius 2 is 1.56 bits per heavy atom. The predicted octanol–water partition coefficient (Wildman–Crippen LogP) is 3.01. The Morgan fingerprint density at radius 1 is 0.938 bits per heavy atom. The summed E-state index contributed by atoms with van der Waals surface area (Å²) < 4.78 is 0. The molecule has 7 heteroatoms. The number of aryl methyl sites for hydroxylation is 1. The lowest BCUT2D eigenvalue weighted by Crippen LogP contribution is -2.51. The molecule has 0 spiro atoms. The van der Waals surface area contributed by atoms with E-state index in [0.29, 0.717) is 13.1 Å². The van der Waals surface area contributed by atoms with Gasteiger partial charge in [0.15, 0.2) is 0 Å². The molecule has 1 aromatic rings. The van der Waals surface area contributed by atoms with Gasteiger partial charge in [-0.3, -0.25) is 19.3 Å². The topological polar surface area (TPSA) is 90.5 Å². The Hall–Kier alpha value is -2.67. The van der Waals surface area contributed by atoms with Gasteiger partial charge in [0, 0.05) is 37.0 Å². The number of carbonyl (C=O) groups is 3. The van der Waals surface area contributed by atoms with E-state index >= 15 is 0 Å². The molecule has 2 rings (SSSR count). The van der Waals surface area contributed by atoms with E-state index in [1.165, 1.54) is 22.6 Å². The third kappa shape index (κ3) is 8.46. The Morgan fingerprint density at radius 3 is 2.19 bits per heavy atom. The first-order chi connectivity index (χ1) is 15.3. The van der Waals surface area contributed by atoms with Gasteiger partial charge in [-0.25, -0.2) is 0 Å². The second-order valence-electron chi connectivity index (χ2n) is 8.91. The van der Waals surface area contributed by atoms with Crippen LogP contribution in [0.1, 0.15) is 52.0 Å². The summed E-state index contributed by atoms with van der Waals surface area (Å²) in [6.07, 6.45) is 6.32. The van der Waals surface area contributed by atoms with Crippen LogP contribution in [0.4, 0.5) is 5.69 Å². The molecule has 0 saturated heterocycles. The van der Waals surface area contributed by atoms with E-state index < -0.39 is 0 Å². The summed E-state index contributed by atoms with van der Waals surface area (Å²) in [5.41, 5.74) is 2.27. The number of nitrogens with one attached hydrogen (secondary N) is 3. The summed E-state index contributed by atoms with van der Waals surface area (Å²) in [4.78, 5) is 37.1. The highest BCUT2D eigenvalue weighted by atomic mass is 16.2. The smallest absolute Gasteiger partial charge is 0.253 e. The predicted molar refractivity (Wildman–Crippen MR) is 128 cm³/mol. The number of rotatable bonds is 14. The maximum atomic E-state index is 12.7. The molecule has 1 aromatic carbocycles. The lowest BCUT2D eigenvalue weighted by atomic mass is 10.0. The average molecular weight is 443 g/mol. The number of benzene rings is 1. The largest absolute Gasteiger partial charge is 0.383 e. The fraction of sp³-hybridized carbons (Fsp3) is 0.560. The second kappa shape index (κ2) is 13.0. The zero-order valence-corrected chi connectivity index (χ0v) is 19.8. The van der Waals surface area contributed by atoms with E-state index in [0.717, 1.165) is 37.9 Å². The summed E-state index contributed by atoms with van der Waals surface area (Å²) in [5, 5.41) is 9.85. The number of imide groups is 1. The van der Waals surface area contributed by atoms with Crippen molar-refractivity contribution >= 4 is 23.4 Å². The van der Waals surface area contributed by atoms with Gasteiger partial charge in [0.1, 0.15) is 0 Å². The Bertz CT molecular complexity index is 771. The van der Waals surface area contributed by atoms with E-state index in [-0.39, 0.29) is 35.7 Å². The van der Waals surface area contributed by atoms with Crippen molar-refractivity contribution in [2.75, 3.05) is 25.0 Å². The van der Waals surface area contributed by atoms with Gasteiger partial charge in [-0.05, 0) is 51.3 Å². The van der Waals surface area contributed by atoms with E-state index in [1.807, 2.05) is 32.9 Å². The monoisotopic (exact) mass is 442 g/mol. The van der Waals surface area contributed by atoms with Crippen LogP contribution in [-0.4, -0.2) is 54.3 Å². The first-order valence-corrected chi connectivity index (χ1v) is 11.7. The van der Waals surface area contributed by atoms with Crippen LogP contribution in [0.15, 0.2) is 36.4 Å². The van der Waals surface area contributed by atoms with Gasteiger partial charge in [-0.2, -0.15) is 0 Å². The van der Waals surface area contributed by atoms with E-state index in [4.69, 9.17) is 0 Å². The molecule has 0 aliphatic carbocycles. The van der Waals surface area contributed by atoms with Crippen molar-refractivity contribution in [1.29, 1.82) is 0 Å². The summed E-state index contributed by atoms with van der Waals surface area (Å²) in [6.45, 7) is 10.1. The van der Waals surface area contributed by atoms with Crippen molar-refractivity contribution in [3.8, 4) is 0 Å². The van der Waals surface area contributed by atoms with Crippen LogP contribution in [0, 0.1) is 12.8 Å². The minimum Gasteiger partial charge on any atom is -0.383 e. The summed E-state index contributed by atoms with van der Waals surface area (Å²) in [5.74, 6) is -0.222. The second-order valence-corrected chi connectivity index (χ2v) is 8.91. The van der Waals surface area contributed by atoms with Crippen LogP contribution < -0.4 is 16.0 Å². The SMILES string of the molecule is Cc1ccc(NC[C@H](C)NC(=O)[C@@H](NCCCCCCN2C(=O)C=CC2=O)C(C)C)cc1. The fourth-order valence-corrected chi connectivity index (χ4v) is 3.61. The molecule has 0 bridgehead atoms. The van der Waals surface area contributed by atoms with Gasteiger partial charge >= 0.3 is 0 Å². The normalized spacial score (nSPS) is 15.3. The van der Waals surface area contributed by atoms with E-state index in [9.17, 15) is 14.4 Å².